The van der Waals surface area contributed by atoms with Crippen LogP contribution in [0.3, 0.4) is 0 Å². The summed E-state index contributed by atoms with van der Waals surface area (Å²) in [4.78, 5) is 18.9. The number of nitro groups is 1. The van der Waals surface area contributed by atoms with Gasteiger partial charge in [0.15, 0.2) is 10.9 Å². The van der Waals surface area contributed by atoms with Crippen molar-refractivity contribution >= 4 is 39.2 Å². The van der Waals surface area contributed by atoms with E-state index in [1.165, 1.54) is 17.8 Å². The number of hydrogen-bond acceptors (Lipinski definition) is 7. The zero-order valence-corrected chi connectivity index (χ0v) is 13.6. The Morgan fingerprint density at radius 1 is 1.43 bits per heavy atom. The first kappa shape index (κ1) is 15.5. The summed E-state index contributed by atoms with van der Waals surface area (Å²) < 4.78 is 5.90. The number of rotatable bonds is 5. The van der Waals surface area contributed by atoms with E-state index in [-0.39, 0.29) is 10.2 Å². The second-order valence-electron chi connectivity index (χ2n) is 3.78. The molecule has 9 heteroatoms. The maximum Gasteiger partial charge on any atom is 0.287 e. The summed E-state index contributed by atoms with van der Waals surface area (Å²) in [5.74, 6) is 1.22. The van der Waals surface area contributed by atoms with E-state index in [4.69, 9.17) is 4.74 Å². The molecule has 0 aliphatic heterocycles. The summed E-state index contributed by atoms with van der Waals surface area (Å²) in [6.07, 6.45) is 1.85. The van der Waals surface area contributed by atoms with Crippen LogP contribution in [0, 0.1) is 10.1 Å². The number of nitrogens with one attached hydrogen (secondary N) is 1. The minimum absolute atomic E-state index is 0.0690. The quantitative estimate of drug-likeness (QED) is 0.371. The van der Waals surface area contributed by atoms with Crippen LogP contribution in [0.1, 0.15) is 0 Å². The Kier molecular flexibility index (Phi) is 4.97. The van der Waals surface area contributed by atoms with Gasteiger partial charge in [0.25, 0.3) is 5.69 Å². The van der Waals surface area contributed by atoms with E-state index in [2.05, 4.69) is 31.2 Å². The molecule has 0 saturated heterocycles. The van der Waals surface area contributed by atoms with E-state index in [1.54, 1.807) is 25.2 Å². The summed E-state index contributed by atoms with van der Waals surface area (Å²) in [6, 6.07) is 6.18. The molecule has 7 nitrogen and oxygen atoms in total. The second kappa shape index (κ2) is 6.72. The van der Waals surface area contributed by atoms with E-state index in [0.717, 1.165) is 0 Å². The van der Waals surface area contributed by atoms with Crippen molar-refractivity contribution in [3.05, 3.63) is 38.9 Å². The maximum atomic E-state index is 10.9. The minimum Gasteiger partial charge on any atom is -0.437 e. The summed E-state index contributed by atoms with van der Waals surface area (Å²) in [5, 5.41) is 14.4. The van der Waals surface area contributed by atoms with E-state index in [0.29, 0.717) is 22.6 Å². The van der Waals surface area contributed by atoms with Gasteiger partial charge < -0.3 is 10.1 Å². The van der Waals surface area contributed by atoms with Gasteiger partial charge in [-0.15, -0.1) is 0 Å². The molecule has 0 unspecified atom stereocenters. The molecule has 1 heterocycles. The van der Waals surface area contributed by atoms with Crippen molar-refractivity contribution in [3.63, 3.8) is 0 Å². The normalized spacial score (nSPS) is 10.2. The number of ether oxygens (including phenoxy) is 1. The maximum absolute atomic E-state index is 10.9. The molecule has 0 spiro atoms. The van der Waals surface area contributed by atoms with E-state index in [1.807, 2.05) is 6.26 Å². The van der Waals surface area contributed by atoms with Gasteiger partial charge in [-0.2, -0.15) is 4.98 Å². The summed E-state index contributed by atoms with van der Waals surface area (Å²) in [6.45, 7) is 0. The highest BCUT2D eigenvalue weighted by Crippen LogP contribution is 2.36. The first-order valence-corrected chi connectivity index (χ1v) is 7.78. The molecule has 0 atom stereocenters. The van der Waals surface area contributed by atoms with Crippen molar-refractivity contribution < 1.29 is 9.66 Å². The lowest BCUT2D eigenvalue weighted by molar-refractivity contribution is -0.385. The highest BCUT2D eigenvalue weighted by molar-refractivity contribution is 9.10. The summed E-state index contributed by atoms with van der Waals surface area (Å²) >= 11 is 4.55. The third-order valence-electron chi connectivity index (χ3n) is 2.47. The smallest absolute Gasteiger partial charge is 0.287 e. The minimum atomic E-state index is -0.483. The van der Waals surface area contributed by atoms with Crippen LogP contribution in [0.5, 0.6) is 11.6 Å². The van der Waals surface area contributed by atoms with Gasteiger partial charge in [0.2, 0.25) is 5.88 Å². The topological polar surface area (TPSA) is 90.2 Å². The van der Waals surface area contributed by atoms with E-state index >= 15 is 0 Å². The molecule has 0 aliphatic rings. The van der Waals surface area contributed by atoms with Gasteiger partial charge >= 0.3 is 0 Å². The average Bonchev–Trinajstić information content (AvgIpc) is 2.48. The summed E-state index contributed by atoms with van der Waals surface area (Å²) in [7, 11) is 1.74. The van der Waals surface area contributed by atoms with E-state index in [9.17, 15) is 10.1 Å². The van der Waals surface area contributed by atoms with Gasteiger partial charge in [-0.1, -0.05) is 17.8 Å². The molecule has 1 aromatic carbocycles. The van der Waals surface area contributed by atoms with Crippen LogP contribution in [0.25, 0.3) is 0 Å². The number of nitro benzene ring substituents is 1. The predicted molar refractivity (Wildman–Crippen MR) is 84.2 cm³/mol. The molecule has 2 rings (SSSR count). The fourth-order valence-corrected chi connectivity index (χ4v) is 2.37. The molecule has 0 saturated carbocycles. The number of halogens is 1. The Bertz CT molecular complexity index is 661. The molecule has 0 radical (unpaired) electrons. The van der Waals surface area contributed by atoms with Gasteiger partial charge in [-0.05, 0) is 28.3 Å². The first-order valence-electron chi connectivity index (χ1n) is 5.76. The van der Waals surface area contributed by atoms with Crippen LogP contribution >= 0.6 is 27.7 Å². The number of hydrogen-bond donors (Lipinski definition) is 1. The Balaban J connectivity index is 2.38. The van der Waals surface area contributed by atoms with Crippen LogP contribution in [-0.2, 0) is 0 Å². The monoisotopic (exact) mass is 370 g/mol. The lowest BCUT2D eigenvalue weighted by Gasteiger charge is -2.09. The number of nitrogens with zero attached hydrogens (tertiary/aromatic N) is 3. The number of thioether (sulfide) groups is 1. The highest BCUT2D eigenvalue weighted by Gasteiger charge is 2.17. The van der Waals surface area contributed by atoms with Gasteiger partial charge in [-0.3, -0.25) is 10.1 Å². The molecular formula is C12H11BrN4O3S. The van der Waals surface area contributed by atoms with Crippen LogP contribution < -0.4 is 10.1 Å². The zero-order valence-electron chi connectivity index (χ0n) is 11.2. The van der Waals surface area contributed by atoms with Crippen molar-refractivity contribution in [2.75, 3.05) is 18.6 Å². The first-order chi connectivity index (χ1) is 10.0. The fourth-order valence-electron chi connectivity index (χ4n) is 1.51. The van der Waals surface area contributed by atoms with Gasteiger partial charge in [0.1, 0.15) is 10.3 Å². The fraction of sp³-hybridized carbons (Fsp3) is 0.167. The molecule has 0 aliphatic carbocycles. The third kappa shape index (κ3) is 3.61. The lowest BCUT2D eigenvalue weighted by Crippen LogP contribution is -1.99. The summed E-state index contributed by atoms with van der Waals surface area (Å²) in [5.41, 5.74) is -0.0690. The zero-order chi connectivity index (χ0) is 15.4. The SMILES string of the molecule is CNc1cc(Oc2cccc([N+](=O)[O-])c2Br)nc(SC)n1. The van der Waals surface area contributed by atoms with Gasteiger partial charge in [0.05, 0.1) is 4.92 Å². The molecule has 1 N–H and O–H groups in total. The molecule has 2 aromatic rings. The molecule has 0 amide bonds. The van der Waals surface area contributed by atoms with Crippen LogP contribution in [-0.4, -0.2) is 28.2 Å². The average molecular weight is 371 g/mol. The van der Waals surface area contributed by atoms with Gasteiger partial charge in [0, 0.05) is 19.2 Å². The second-order valence-corrected chi connectivity index (χ2v) is 5.34. The standard InChI is InChI=1S/C12H11BrN4O3S/c1-14-9-6-10(16-12(15-9)21-2)20-8-5-3-4-7(11(8)13)17(18)19/h3-6H,1-2H3,(H,14,15,16). The molecular weight excluding hydrogens is 360 g/mol. The van der Waals surface area contributed by atoms with Gasteiger partial charge in [-0.25, -0.2) is 4.98 Å². The van der Waals surface area contributed by atoms with Crippen molar-refractivity contribution in [1.82, 2.24) is 9.97 Å². The Morgan fingerprint density at radius 3 is 2.81 bits per heavy atom. The van der Waals surface area contributed by atoms with Crippen molar-refractivity contribution in [2.45, 2.75) is 5.16 Å². The van der Waals surface area contributed by atoms with Crippen LogP contribution in [0.4, 0.5) is 11.5 Å². The molecule has 0 bridgehead atoms. The van der Waals surface area contributed by atoms with E-state index < -0.39 is 4.92 Å². The van der Waals surface area contributed by atoms with Crippen molar-refractivity contribution in [2.24, 2.45) is 0 Å². The van der Waals surface area contributed by atoms with Crippen molar-refractivity contribution in [3.8, 4) is 11.6 Å². The third-order valence-corrected chi connectivity index (χ3v) is 3.82. The highest BCUT2D eigenvalue weighted by atomic mass is 79.9. The number of aromatic nitrogens is 2. The Labute approximate surface area is 133 Å². The molecule has 110 valence electrons. The molecule has 0 fully saturated rings. The van der Waals surface area contributed by atoms with Crippen molar-refractivity contribution in [1.29, 1.82) is 0 Å². The predicted octanol–water partition coefficient (Wildman–Crippen LogP) is 3.70. The van der Waals surface area contributed by atoms with Crippen LogP contribution in [0.15, 0.2) is 33.9 Å². The Morgan fingerprint density at radius 2 is 2.19 bits per heavy atom. The molecule has 1 aromatic heterocycles. The van der Waals surface area contributed by atoms with Crippen LogP contribution in [0.2, 0.25) is 0 Å². The number of benzene rings is 1. The lowest BCUT2D eigenvalue weighted by atomic mass is 10.3. The molecule has 21 heavy (non-hydrogen) atoms. The largest absolute Gasteiger partial charge is 0.437 e. The Hall–Kier alpha value is -1.87. The number of anilines is 1.